The molecule has 0 radical (unpaired) electrons. The van der Waals surface area contributed by atoms with E-state index in [1.165, 1.54) is 24.5 Å². The van der Waals surface area contributed by atoms with E-state index in [1.807, 2.05) is 24.1 Å². The summed E-state index contributed by atoms with van der Waals surface area (Å²) in [6.45, 7) is 0.540. The topological polar surface area (TPSA) is 38.2 Å². The minimum absolute atomic E-state index is 0.000758. The van der Waals surface area contributed by atoms with Crippen molar-refractivity contribution in [3.8, 4) is 11.5 Å². The number of hydrogen-bond acceptors (Lipinski definition) is 4. The van der Waals surface area contributed by atoms with Crippen molar-refractivity contribution in [1.82, 2.24) is 9.97 Å². The Morgan fingerprint density at radius 1 is 1.12 bits per heavy atom. The standard InChI is InChI=1S/C18H14Cl2FN3O/c1-24(18-6-7-22-11-23-18)10-12-2-3-13(19)8-17(12)25-14-4-5-16(21)15(20)9-14/h2-9,11H,10H2,1H3. The molecule has 0 spiro atoms. The lowest BCUT2D eigenvalue weighted by atomic mass is 10.2. The van der Waals surface area contributed by atoms with Crippen LogP contribution in [0.3, 0.4) is 0 Å². The fourth-order valence-electron chi connectivity index (χ4n) is 2.27. The average Bonchev–Trinajstić information content (AvgIpc) is 2.61. The number of anilines is 1. The van der Waals surface area contributed by atoms with Gasteiger partial charge in [0, 0.05) is 36.4 Å². The van der Waals surface area contributed by atoms with E-state index < -0.39 is 5.82 Å². The number of benzene rings is 2. The van der Waals surface area contributed by atoms with E-state index >= 15 is 0 Å². The van der Waals surface area contributed by atoms with Crippen molar-refractivity contribution < 1.29 is 9.13 Å². The number of ether oxygens (including phenoxy) is 1. The molecule has 0 saturated carbocycles. The summed E-state index contributed by atoms with van der Waals surface area (Å²) >= 11 is 11.9. The van der Waals surface area contributed by atoms with Crippen LogP contribution in [0.2, 0.25) is 10.0 Å². The molecule has 0 saturated heterocycles. The molecule has 0 bridgehead atoms. The molecule has 3 aromatic rings. The van der Waals surface area contributed by atoms with Gasteiger partial charge in [0.15, 0.2) is 0 Å². The third-order valence-electron chi connectivity index (χ3n) is 3.51. The van der Waals surface area contributed by atoms with Crippen molar-refractivity contribution in [3.63, 3.8) is 0 Å². The second-order valence-electron chi connectivity index (χ2n) is 5.35. The van der Waals surface area contributed by atoms with Gasteiger partial charge >= 0.3 is 0 Å². The Hall–Kier alpha value is -2.37. The first kappa shape index (κ1) is 17.5. The molecular formula is C18H14Cl2FN3O. The fraction of sp³-hybridized carbons (Fsp3) is 0.111. The third kappa shape index (κ3) is 4.38. The van der Waals surface area contributed by atoms with E-state index in [9.17, 15) is 4.39 Å². The highest BCUT2D eigenvalue weighted by Gasteiger charge is 2.11. The van der Waals surface area contributed by atoms with Gasteiger partial charge in [0.05, 0.1) is 5.02 Å². The van der Waals surface area contributed by atoms with E-state index in [0.29, 0.717) is 23.1 Å². The summed E-state index contributed by atoms with van der Waals surface area (Å²) in [4.78, 5) is 10.1. The van der Waals surface area contributed by atoms with E-state index in [-0.39, 0.29) is 5.02 Å². The van der Waals surface area contributed by atoms with Crippen LogP contribution in [0, 0.1) is 5.82 Å². The van der Waals surface area contributed by atoms with Gasteiger partial charge in [-0.25, -0.2) is 14.4 Å². The molecule has 0 unspecified atom stereocenters. The SMILES string of the molecule is CN(Cc1ccc(Cl)cc1Oc1ccc(F)c(Cl)c1)c1ccncn1. The molecule has 2 aromatic carbocycles. The molecule has 0 aliphatic rings. The lowest BCUT2D eigenvalue weighted by Gasteiger charge is -2.20. The lowest BCUT2D eigenvalue weighted by Crippen LogP contribution is -2.18. The van der Waals surface area contributed by atoms with Crippen LogP contribution in [0.5, 0.6) is 11.5 Å². The van der Waals surface area contributed by atoms with Gasteiger partial charge in [0.2, 0.25) is 0 Å². The zero-order valence-electron chi connectivity index (χ0n) is 13.3. The Balaban J connectivity index is 1.86. The van der Waals surface area contributed by atoms with Gasteiger partial charge in [0.25, 0.3) is 0 Å². The molecule has 25 heavy (non-hydrogen) atoms. The minimum Gasteiger partial charge on any atom is -0.457 e. The van der Waals surface area contributed by atoms with Gasteiger partial charge in [-0.3, -0.25) is 0 Å². The van der Waals surface area contributed by atoms with Crippen LogP contribution in [0.4, 0.5) is 10.2 Å². The van der Waals surface area contributed by atoms with Crippen LogP contribution in [0.25, 0.3) is 0 Å². The molecule has 1 aromatic heterocycles. The summed E-state index contributed by atoms with van der Waals surface area (Å²) in [5.41, 5.74) is 0.894. The van der Waals surface area contributed by atoms with Crippen LogP contribution in [-0.4, -0.2) is 17.0 Å². The maximum atomic E-state index is 13.3. The molecule has 3 rings (SSSR count). The Morgan fingerprint density at radius 3 is 2.68 bits per heavy atom. The van der Waals surface area contributed by atoms with E-state index in [2.05, 4.69) is 9.97 Å². The van der Waals surface area contributed by atoms with Crippen molar-refractivity contribution in [2.45, 2.75) is 6.54 Å². The summed E-state index contributed by atoms with van der Waals surface area (Å²) in [5.74, 6) is 1.28. The van der Waals surface area contributed by atoms with Crippen LogP contribution in [0.15, 0.2) is 55.0 Å². The molecule has 128 valence electrons. The summed E-state index contributed by atoms with van der Waals surface area (Å²) in [5, 5.41) is 0.538. The monoisotopic (exact) mass is 377 g/mol. The number of nitrogens with zero attached hydrogens (tertiary/aromatic N) is 3. The highest BCUT2D eigenvalue weighted by Crippen LogP contribution is 2.31. The third-order valence-corrected chi connectivity index (χ3v) is 4.04. The van der Waals surface area contributed by atoms with Crippen molar-refractivity contribution in [1.29, 1.82) is 0 Å². The zero-order chi connectivity index (χ0) is 17.8. The molecule has 1 heterocycles. The van der Waals surface area contributed by atoms with Crippen LogP contribution >= 0.6 is 23.2 Å². The van der Waals surface area contributed by atoms with E-state index in [4.69, 9.17) is 27.9 Å². The normalized spacial score (nSPS) is 10.6. The predicted molar refractivity (Wildman–Crippen MR) is 97.1 cm³/mol. The number of rotatable bonds is 5. The molecule has 0 atom stereocenters. The van der Waals surface area contributed by atoms with Crippen LogP contribution in [0.1, 0.15) is 5.56 Å². The van der Waals surface area contributed by atoms with Crippen LogP contribution in [-0.2, 0) is 6.54 Å². The first-order valence-electron chi connectivity index (χ1n) is 7.41. The summed E-state index contributed by atoms with van der Waals surface area (Å²) in [6.07, 6.45) is 3.17. The first-order valence-corrected chi connectivity index (χ1v) is 8.17. The Kier molecular flexibility index (Phi) is 5.36. The highest BCUT2D eigenvalue weighted by atomic mass is 35.5. The molecule has 0 fully saturated rings. The molecule has 0 aliphatic carbocycles. The molecule has 4 nitrogen and oxygen atoms in total. The van der Waals surface area contributed by atoms with Crippen molar-refractivity contribution >= 4 is 29.0 Å². The second-order valence-corrected chi connectivity index (χ2v) is 6.20. The second kappa shape index (κ2) is 7.68. The van der Waals surface area contributed by atoms with Crippen molar-refractivity contribution in [2.75, 3.05) is 11.9 Å². The summed E-state index contributed by atoms with van der Waals surface area (Å²) in [7, 11) is 1.91. The zero-order valence-corrected chi connectivity index (χ0v) is 14.8. The number of hydrogen-bond donors (Lipinski definition) is 0. The first-order chi connectivity index (χ1) is 12.0. The van der Waals surface area contributed by atoms with Crippen LogP contribution < -0.4 is 9.64 Å². The van der Waals surface area contributed by atoms with E-state index in [0.717, 1.165) is 11.4 Å². The number of aromatic nitrogens is 2. The van der Waals surface area contributed by atoms with Gasteiger partial charge in [-0.15, -0.1) is 0 Å². The van der Waals surface area contributed by atoms with Crippen molar-refractivity contribution in [2.24, 2.45) is 0 Å². The maximum absolute atomic E-state index is 13.3. The molecule has 0 N–H and O–H groups in total. The minimum atomic E-state index is -0.496. The Morgan fingerprint density at radius 2 is 1.96 bits per heavy atom. The smallest absolute Gasteiger partial charge is 0.142 e. The van der Waals surface area contributed by atoms with Gasteiger partial charge < -0.3 is 9.64 Å². The summed E-state index contributed by atoms with van der Waals surface area (Å²) in [6, 6.07) is 11.4. The molecule has 0 aliphatic heterocycles. The quantitative estimate of drug-likeness (QED) is 0.600. The molecule has 7 heteroatoms. The molecular weight excluding hydrogens is 364 g/mol. The number of halogens is 3. The average molecular weight is 378 g/mol. The van der Waals surface area contributed by atoms with Gasteiger partial charge in [-0.2, -0.15) is 0 Å². The Bertz CT molecular complexity index is 877. The fourth-order valence-corrected chi connectivity index (χ4v) is 2.60. The Labute approximate surface area is 154 Å². The highest BCUT2D eigenvalue weighted by molar-refractivity contribution is 6.31. The lowest BCUT2D eigenvalue weighted by molar-refractivity contribution is 0.474. The largest absolute Gasteiger partial charge is 0.457 e. The van der Waals surface area contributed by atoms with Crippen molar-refractivity contribution in [3.05, 3.63) is 76.4 Å². The van der Waals surface area contributed by atoms with Gasteiger partial charge in [-0.1, -0.05) is 29.3 Å². The predicted octanol–water partition coefficient (Wildman–Crippen LogP) is 5.35. The van der Waals surface area contributed by atoms with E-state index in [1.54, 1.807) is 18.3 Å². The van der Waals surface area contributed by atoms with Gasteiger partial charge in [0.1, 0.15) is 29.5 Å². The summed E-state index contributed by atoms with van der Waals surface area (Å²) < 4.78 is 19.2. The van der Waals surface area contributed by atoms with Gasteiger partial charge in [-0.05, 0) is 30.3 Å². The maximum Gasteiger partial charge on any atom is 0.142 e. The molecule has 0 amide bonds.